The third kappa shape index (κ3) is 6.86. The van der Waals surface area contributed by atoms with Crippen LogP contribution in [0.3, 0.4) is 0 Å². The lowest BCUT2D eigenvalue weighted by Crippen LogP contribution is -2.41. The molecule has 1 rings (SSSR count). The summed E-state index contributed by atoms with van der Waals surface area (Å²) < 4.78 is 5.55. The number of nitrogens with two attached hydrogens (primary N) is 1. The van der Waals surface area contributed by atoms with Gasteiger partial charge in [0.15, 0.2) is 0 Å². The van der Waals surface area contributed by atoms with E-state index < -0.39 is 11.7 Å². The third-order valence-electron chi connectivity index (χ3n) is 2.76. The summed E-state index contributed by atoms with van der Waals surface area (Å²) in [6, 6.07) is 7.52. The number of aliphatic hydroxyl groups is 2. The Kier molecular flexibility index (Phi) is 6.42. The van der Waals surface area contributed by atoms with E-state index >= 15 is 0 Å². The fourth-order valence-electron chi connectivity index (χ4n) is 2.09. The van der Waals surface area contributed by atoms with Crippen molar-refractivity contribution in [2.24, 2.45) is 5.73 Å². The van der Waals surface area contributed by atoms with Crippen molar-refractivity contribution < 1.29 is 14.9 Å². The topological polar surface area (TPSA) is 79.0 Å². The van der Waals surface area contributed by atoms with Gasteiger partial charge in [0.1, 0.15) is 18.5 Å². The highest BCUT2D eigenvalue weighted by Crippen LogP contribution is 2.13. The first-order chi connectivity index (χ1) is 9.30. The van der Waals surface area contributed by atoms with Crippen molar-refractivity contribution in [3.8, 4) is 5.75 Å². The lowest BCUT2D eigenvalue weighted by molar-refractivity contribution is 0.0194. The van der Waals surface area contributed by atoms with E-state index in [1.54, 1.807) is 13.8 Å². The summed E-state index contributed by atoms with van der Waals surface area (Å²) in [5.41, 5.74) is 5.79. The van der Waals surface area contributed by atoms with Gasteiger partial charge < -0.3 is 25.6 Å². The minimum absolute atomic E-state index is 0.213. The van der Waals surface area contributed by atoms with Crippen molar-refractivity contribution in [3.63, 3.8) is 0 Å². The first kappa shape index (κ1) is 16.9. The largest absolute Gasteiger partial charge is 0.491 e. The molecule has 0 amide bonds. The van der Waals surface area contributed by atoms with Crippen molar-refractivity contribution >= 4 is 0 Å². The second-order valence-corrected chi connectivity index (χ2v) is 5.83. The highest BCUT2D eigenvalue weighted by Gasteiger charge is 2.17. The molecule has 1 aromatic rings. The van der Waals surface area contributed by atoms with Gasteiger partial charge in [-0.15, -0.1) is 0 Å². The van der Waals surface area contributed by atoms with Gasteiger partial charge >= 0.3 is 0 Å². The van der Waals surface area contributed by atoms with Crippen LogP contribution >= 0.6 is 0 Å². The molecule has 5 nitrogen and oxygen atoms in total. The van der Waals surface area contributed by atoms with Crippen LogP contribution in [0, 0.1) is 0 Å². The summed E-state index contributed by atoms with van der Waals surface area (Å²) in [6.07, 6.45) is -0.608. The standard InChI is InChI=1S/C15H26N2O3/c1-15(2,19)11-17(3)9-13(18)10-20-14-6-4-5-12(7-14)8-16/h4-7,13,18-19H,8-11,16H2,1-3H3. The number of nitrogens with zero attached hydrogens (tertiary/aromatic N) is 1. The van der Waals surface area contributed by atoms with E-state index in [0.717, 1.165) is 5.56 Å². The Hall–Kier alpha value is -1.14. The Morgan fingerprint density at radius 2 is 2.10 bits per heavy atom. The van der Waals surface area contributed by atoms with Crippen molar-refractivity contribution in [1.29, 1.82) is 0 Å². The summed E-state index contributed by atoms with van der Waals surface area (Å²) in [5.74, 6) is 0.706. The molecule has 0 aliphatic heterocycles. The third-order valence-corrected chi connectivity index (χ3v) is 2.76. The van der Waals surface area contributed by atoms with E-state index in [1.165, 1.54) is 0 Å². The molecule has 0 aromatic heterocycles. The minimum atomic E-state index is -0.773. The molecule has 0 bridgehead atoms. The van der Waals surface area contributed by atoms with Gasteiger partial charge in [-0.1, -0.05) is 12.1 Å². The number of likely N-dealkylation sites (N-methyl/N-ethyl adjacent to an activating group) is 1. The minimum Gasteiger partial charge on any atom is -0.491 e. The molecule has 1 atom stereocenters. The van der Waals surface area contributed by atoms with Crippen molar-refractivity contribution in [2.75, 3.05) is 26.7 Å². The zero-order valence-corrected chi connectivity index (χ0v) is 12.5. The summed E-state index contributed by atoms with van der Waals surface area (Å²) in [7, 11) is 1.86. The van der Waals surface area contributed by atoms with Crippen LogP contribution in [0.4, 0.5) is 0 Å². The molecule has 4 N–H and O–H groups in total. The molecule has 0 fully saturated rings. The van der Waals surface area contributed by atoms with Gasteiger partial charge in [-0.05, 0) is 38.6 Å². The number of ether oxygens (including phenoxy) is 1. The van der Waals surface area contributed by atoms with Crippen LogP contribution in [0.25, 0.3) is 0 Å². The number of aliphatic hydroxyl groups excluding tert-OH is 1. The maximum absolute atomic E-state index is 9.93. The molecule has 114 valence electrons. The van der Waals surface area contributed by atoms with Gasteiger partial charge in [-0.2, -0.15) is 0 Å². The zero-order valence-electron chi connectivity index (χ0n) is 12.5. The maximum atomic E-state index is 9.93. The molecule has 0 saturated heterocycles. The highest BCUT2D eigenvalue weighted by molar-refractivity contribution is 5.28. The van der Waals surface area contributed by atoms with Crippen LogP contribution in [0.5, 0.6) is 5.75 Å². The van der Waals surface area contributed by atoms with Gasteiger partial charge in [0, 0.05) is 19.6 Å². The number of benzene rings is 1. The van der Waals surface area contributed by atoms with E-state index in [9.17, 15) is 10.2 Å². The monoisotopic (exact) mass is 282 g/mol. The summed E-state index contributed by atoms with van der Waals surface area (Å²) >= 11 is 0. The Morgan fingerprint density at radius 1 is 1.40 bits per heavy atom. The maximum Gasteiger partial charge on any atom is 0.119 e. The van der Waals surface area contributed by atoms with E-state index in [2.05, 4.69) is 0 Å². The number of hydrogen-bond acceptors (Lipinski definition) is 5. The normalized spacial score (nSPS) is 13.6. The fraction of sp³-hybridized carbons (Fsp3) is 0.600. The molecule has 5 heteroatoms. The van der Waals surface area contributed by atoms with E-state index in [4.69, 9.17) is 10.5 Å². The van der Waals surface area contributed by atoms with E-state index in [1.807, 2.05) is 36.2 Å². The smallest absolute Gasteiger partial charge is 0.119 e. The van der Waals surface area contributed by atoms with E-state index in [0.29, 0.717) is 25.4 Å². The average Bonchev–Trinajstić information content (AvgIpc) is 2.34. The summed E-state index contributed by atoms with van der Waals surface area (Å²) in [4.78, 5) is 1.88. The molecule has 0 saturated carbocycles. The quantitative estimate of drug-likeness (QED) is 0.650. The second kappa shape index (κ2) is 7.59. The van der Waals surface area contributed by atoms with Gasteiger partial charge in [0.05, 0.1) is 5.60 Å². The Bertz CT molecular complexity index is 404. The van der Waals surface area contributed by atoms with Crippen LogP contribution < -0.4 is 10.5 Å². The first-order valence-electron chi connectivity index (χ1n) is 6.81. The summed E-state index contributed by atoms with van der Waals surface area (Å²) in [6.45, 7) is 5.10. The van der Waals surface area contributed by atoms with E-state index in [-0.39, 0.29) is 6.61 Å². The lowest BCUT2D eigenvalue weighted by Gasteiger charge is -2.27. The predicted molar refractivity (Wildman–Crippen MR) is 79.6 cm³/mol. The molecular weight excluding hydrogens is 256 g/mol. The van der Waals surface area contributed by atoms with Gasteiger partial charge in [-0.3, -0.25) is 0 Å². The van der Waals surface area contributed by atoms with Crippen LogP contribution in [-0.2, 0) is 6.54 Å². The van der Waals surface area contributed by atoms with Crippen LogP contribution in [0.1, 0.15) is 19.4 Å². The van der Waals surface area contributed by atoms with Crippen molar-refractivity contribution in [2.45, 2.75) is 32.1 Å². The zero-order chi connectivity index (χ0) is 15.2. The summed E-state index contributed by atoms with van der Waals surface area (Å²) in [5, 5.41) is 19.6. The molecule has 1 unspecified atom stereocenters. The van der Waals surface area contributed by atoms with Gasteiger partial charge in [-0.25, -0.2) is 0 Å². The number of hydrogen-bond donors (Lipinski definition) is 3. The fourth-order valence-corrected chi connectivity index (χ4v) is 2.09. The Morgan fingerprint density at radius 3 is 2.70 bits per heavy atom. The average molecular weight is 282 g/mol. The molecular formula is C15H26N2O3. The molecule has 0 aliphatic carbocycles. The van der Waals surface area contributed by atoms with Crippen molar-refractivity contribution in [1.82, 2.24) is 4.90 Å². The van der Waals surface area contributed by atoms with Gasteiger partial charge in [0.25, 0.3) is 0 Å². The molecule has 0 radical (unpaired) electrons. The molecule has 20 heavy (non-hydrogen) atoms. The molecule has 0 heterocycles. The highest BCUT2D eigenvalue weighted by atomic mass is 16.5. The second-order valence-electron chi connectivity index (χ2n) is 5.83. The molecule has 0 aliphatic rings. The first-order valence-corrected chi connectivity index (χ1v) is 6.81. The molecule has 1 aromatic carbocycles. The lowest BCUT2D eigenvalue weighted by atomic mass is 10.1. The SMILES string of the molecule is CN(CC(O)COc1cccc(CN)c1)CC(C)(C)O. The molecule has 0 spiro atoms. The van der Waals surface area contributed by atoms with Gasteiger partial charge in [0.2, 0.25) is 0 Å². The van der Waals surface area contributed by atoms with Crippen LogP contribution in [0.15, 0.2) is 24.3 Å². The van der Waals surface area contributed by atoms with Crippen molar-refractivity contribution in [3.05, 3.63) is 29.8 Å². The Balaban J connectivity index is 2.37. The van der Waals surface area contributed by atoms with Crippen LogP contribution in [-0.4, -0.2) is 53.6 Å². The predicted octanol–water partition coefficient (Wildman–Crippen LogP) is 0.588. The van der Waals surface area contributed by atoms with Crippen LogP contribution in [0.2, 0.25) is 0 Å². The Labute approximate surface area is 121 Å². The number of rotatable bonds is 8.